The monoisotopic (exact) mass is 233 g/mol. The molecule has 1 amide bonds. The lowest BCUT2D eigenvalue weighted by molar-refractivity contribution is -0.120. The first-order chi connectivity index (χ1) is 8.34. The molecule has 0 aromatic carbocycles. The summed E-state index contributed by atoms with van der Waals surface area (Å²) in [5.74, 6) is 0.683. The Bertz CT molecular complexity index is 434. The van der Waals surface area contributed by atoms with E-state index in [0.29, 0.717) is 18.7 Å². The Morgan fingerprint density at radius 2 is 2.47 bits per heavy atom. The Morgan fingerprint density at radius 1 is 1.53 bits per heavy atom. The molecular weight excluding hydrogens is 218 g/mol. The quantitative estimate of drug-likeness (QED) is 0.763. The molecule has 0 radical (unpaired) electrons. The number of carbonyl (C=O) groups is 1. The Hall–Kier alpha value is -2.04. The standard InChI is InChI=1S/C12H15N3O2/c16-12(9-11-3-1-8-17-11)14-4-2-6-15-7-5-13-10-15/h1,3,5,7-8,10H,2,4,6,9H2,(H,14,16). The second-order valence-electron chi connectivity index (χ2n) is 3.76. The van der Waals surface area contributed by atoms with E-state index in [9.17, 15) is 4.79 Å². The van der Waals surface area contributed by atoms with Gasteiger partial charge in [-0.25, -0.2) is 4.98 Å². The maximum atomic E-state index is 11.5. The molecule has 17 heavy (non-hydrogen) atoms. The predicted molar refractivity (Wildman–Crippen MR) is 62.3 cm³/mol. The summed E-state index contributed by atoms with van der Waals surface area (Å²) in [5.41, 5.74) is 0. The molecule has 2 aromatic rings. The van der Waals surface area contributed by atoms with Crippen LogP contribution >= 0.6 is 0 Å². The summed E-state index contributed by atoms with van der Waals surface area (Å²) in [6.45, 7) is 1.53. The van der Waals surface area contributed by atoms with Crippen LogP contribution in [0.4, 0.5) is 0 Å². The summed E-state index contributed by atoms with van der Waals surface area (Å²) in [6, 6.07) is 3.58. The highest BCUT2D eigenvalue weighted by molar-refractivity contribution is 5.77. The van der Waals surface area contributed by atoms with E-state index in [4.69, 9.17) is 4.42 Å². The van der Waals surface area contributed by atoms with Gasteiger partial charge in [0.15, 0.2) is 0 Å². The van der Waals surface area contributed by atoms with Gasteiger partial charge in [0, 0.05) is 25.5 Å². The number of aromatic nitrogens is 2. The summed E-state index contributed by atoms with van der Waals surface area (Å²) in [5, 5.41) is 2.85. The zero-order chi connectivity index (χ0) is 11.9. The molecule has 2 aromatic heterocycles. The minimum absolute atomic E-state index is 0.00872. The first-order valence-corrected chi connectivity index (χ1v) is 5.59. The number of amides is 1. The van der Waals surface area contributed by atoms with Crippen molar-refractivity contribution < 1.29 is 9.21 Å². The van der Waals surface area contributed by atoms with Gasteiger partial charge in [-0.3, -0.25) is 4.79 Å². The molecular formula is C12H15N3O2. The van der Waals surface area contributed by atoms with Crippen LogP contribution in [-0.2, 0) is 17.8 Å². The molecule has 0 saturated carbocycles. The van der Waals surface area contributed by atoms with Crippen molar-refractivity contribution in [2.75, 3.05) is 6.54 Å². The number of rotatable bonds is 6. The van der Waals surface area contributed by atoms with Crippen molar-refractivity contribution in [1.29, 1.82) is 0 Å². The van der Waals surface area contributed by atoms with E-state index in [-0.39, 0.29) is 5.91 Å². The van der Waals surface area contributed by atoms with Crippen molar-refractivity contribution in [2.24, 2.45) is 0 Å². The Labute approximate surface area is 99.5 Å². The molecule has 5 heteroatoms. The van der Waals surface area contributed by atoms with Gasteiger partial charge in [-0.2, -0.15) is 0 Å². The number of hydrogen-bond donors (Lipinski definition) is 1. The highest BCUT2D eigenvalue weighted by atomic mass is 16.3. The van der Waals surface area contributed by atoms with Crippen LogP contribution in [-0.4, -0.2) is 22.0 Å². The van der Waals surface area contributed by atoms with Crippen LogP contribution in [0.3, 0.4) is 0 Å². The van der Waals surface area contributed by atoms with Gasteiger partial charge >= 0.3 is 0 Å². The zero-order valence-electron chi connectivity index (χ0n) is 9.50. The summed E-state index contributed by atoms with van der Waals surface area (Å²) in [4.78, 5) is 15.4. The average Bonchev–Trinajstić information content (AvgIpc) is 2.96. The third kappa shape index (κ3) is 3.79. The van der Waals surface area contributed by atoms with Crippen molar-refractivity contribution in [3.63, 3.8) is 0 Å². The first-order valence-electron chi connectivity index (χ1n) is 5.59. The highest BCUT2D eigenvalue weighted by Crippen LogP contribution is 2.00. The van der Waals surface area contributed by atoms with Gasteiger partial charge in [0.1, 0.15) is 5.76 Å². The fourth-order valence-electron chi connectivity index (χ4n) is 1.54. The molecule has 0 bridgehead atoms. The van der Waals surface area contributed by atoms with Gasteiger partial charge < -0.3 is 14.3 Å². The summed E-state index contributed by atoms with van der Waals surface area (Å²) < 4.78 is 7.08. The molecule has 0 fully saturated rings. The summed E-state index contributed by atoms with van der Waals surface area (Å²) in [7, 11) is 0. The molecule has 5 nitrogen and oxygen atoms in total. The van der Waals surface area contributed by atoms with E-state index in [1.54, 1.807) is 30.9 Å². The van der Waals surface area contributed by atoms with Crippen LogP contribution in [0.15, 0.2) is 41.5 Å². The van der Waals surface area contributed by atoms with Crippen molar-refractivity contribution in [1.82, 2.24) is 14.9 Å². The molecule has 0 aliphatic rings. The summed E-state index contributed by atoms with van der Waals surface area (Å²) >= 11 is 0. The molecule has 0 unspecified atom stereocenters. The lowest BCUT2D eigenvalue weighted by Crippen LogP contribution is -2.26. The molecule has 0 saturated heterocycles. The Kier molecular flexibility index (Phi) is 3.96. The maximum Gasteiger partial charge on any atom is 0.227 e. The second kappa shape index (κ2) is 5.89. The number of carbonyl (C=O) groups excluding carboxylic acids is 1. The lowest BCUT2D eigenvalue weighted by atomic mass is 10.3. The number of aryl methyl sites for hydroxylation is 1. The van der Waals surface area contributed by atoms with Crippen LogP contribution in [0.5, 0.6) is 0 Å². The van der Waals surface area contributed by atoms with Crippen LogP contribution in [0.25, 0.3) is 0 Å². The van der Waals surface area contributed by atoms with Crippen LogP contribution < -0.4 is 5.32 Å². The fourth-order valence-corrected chi connectivity index (χ4v) is 1.54. The van der Waals surface area contributed by atoms with E-state index in [0.717, 1.165) is 13.0 Å². The van der Waals surface area contributed by atoms with Gasteiger partial charge in [0.05, 0.1) is 19.0 Å². The largest absolute Gasteiger partial charge is 0.469 e. The molecule has 0 aliphatic carbocycles. The maximum absolute atomic E-state index is 11.5. The number of imidazole rings is 1. The topological polar surface area (TPSA) is 60.1 Å². The Balaban J connectivity index is 1.60. The normalized spacial score (nSPS) is 10.4. The molecule has 90 valence electrons. The summed E-state index contributed by atoms with van der Waals surface area (Å²) in [6.07, 6.45) is 8.19. The van der Waals surface area contributed by atoms with Gasteiger partial charge in [-0.05, 0) is 18.6 Å². The number of hydrogen-bond acceptors (Lipinski definition) is 3. The lowest BCUT2D eigenvalue weighted by Gasteiger charge is -2.04. The number of nitrogens with one attached hydrogen (secondary N) is 1. The van der Waals surface area contributed by atoms with Crippen molar-refractivity contribution in [3.8, 4) is 0 Å². The highest BCUT2D eigenvalue weighted by Gasteiger charge is 2.04. The van der Waals surface area contributed by atoms with Gasteiger partial charge in [0.2, 0.25) is 5.91 Å². The zero-order valence-corrected chi connectivity index (χ0v) is 9.50. The van der Waals surface area contributed by atoms with E-state index >= 15 is 0 Å². The van der Waals surface area contributed by atoms with Gasteiger partial charge in [-0.15, -0.1) is 0 Å². The van der Waals surface area contributed by atoms with Crippen LogP contribution in [0.2, 0.25) is 0 Å². The first kappa shape index (κ1) is 11.4. The molecule has 0 spiro atoms. The molecule has 0 atom stereocenters. The van der Waals surface area contributed by atoms with E-state index < -0.39 is 0 Å². The van der Waals surface area contributed by atoms with Gasteiger partial charge in [-0.1, -0.05) is 0 Å². The third-order valence-corrected chi connectivity index (χ3v) is 2.39. The number of nitrogens with zero attached hydrogens (tertiary/aromatic N) is 2. The van der Waals surface area contributed by atoms with Crippen molar-refractivity contribution in [3.05, 3.63) is 42.9 Å². The third-order valence-electron chi connectivity index (χ3n) is 2.39. The average molecular weight is 233 g/mol. The molecule has 0 aliphatic heterocycles. The predicted octanol–water partition coefficient (Wildman–Crippen LogP) is 1.23. The van der Waals surface area contributed by atoms with Crippen LogP contribution in [0.1, 0.15) is 12.2 Å². The molecule has 1 N–H and O–H groups in total. The smallest absolute Gasteiger partial charge is 0.227 e. The minimum Gasteiger partial charge on any atom is -0.469 e. The van der Waals surface area contributed by atoms with E-state index in [2.05, 4.69) is 10.3 Å². The minimum atomic E-state index is -0.00872. The van der Waals surface area contributed by atoms with Crippen molar-refractivity contribution in [2.45, 2.75) is 19.4 Å². The van der Waals surface area contributed by atoms with E-state index in [1.165, 1.54) is 0 Å². The second-order valence-corrected chi connectivity index (χ2v) is 3.76. The number of furan rings is 1. The van der Waals surface area contributed by atoms with Crippen molar-refractivity contribution >= 4 is 5.91 Å². The van der Waals surface area contributed by atoms with E-state index in [1.807, 2.05) is 10.8 Å². The molecule has 2 rings (SSSR count). The van der Waals surface area contributed by atoms with Gasteiger partial charge in [0.25, 0.3) is 0 Å². The Morgan fingerprint density at radius 3 is 3.18 bits per heavy atom. The molecule has 2 heterocycles. The SMILES string of the molecule is O=C(Cc1ccco1)NCCCn1ccnc1. The van der Waals surface area contributed by atoms with Crippen LogP contribution in [0, 0.1) is 0 Å². The fraction of sp³-hybridized carbons (Fsp3) is 0.333.